The van der Waals surface area contributed by atoms with Crippen molar-refractivity contribution in [3.05, 3.63) is 0 Å². The summed E-state index contributed by atoms with van der Waals surface area (Å²) in [6.45, 7) is 10.4. The second-order valence-corrected chi connectivity index (χ2v) is 9.59. The molecule has 1 aliphatic rings. The Morgan fingerprint density at radius 2 is 1.70 bits per heavy atom. The molecule has 0 saturated carbocycles. The average molecular weight is 338 g/mol. The monoisotopic (exact) mass is 337 g/mol. The van der Waals surface area contributed by atoms with Crippen molar-refractivity contribution in [3.8, 4) is 6.07 Å². The molecule has 0 radical (unpaired) electrons. The van der Waals surface area contributed by atoms with Crippen LogP contribution in [0.3, 0.4) is 0 Å². The molecule has 134 valence electrons. The van der Waals surface area contributed by atoms with E-state index >= 15 is 0 Å². The molecule has 1 saturated heterocycles. The first-order chi connectivity index (χ1) is 11.0. The number of hydrogen-bond donors (Lipinski definition) is 0. The molecule has 0 bridgehead atoms. The molecule has 23 heavy (non-hydrogen) atoms. The fourth-order valence-corrected chi connectivity index (χ4v) is 5.09. The maximum absolute atomic E-state index is 8.92. The van der Waals surface area contributed by atoms with Gasteiger partial charge in [-0.15, -0.1) is 0 Å². The maximum Gasteiger partial charge on any atom is 0.0635 e. The zero-order chi connectivity index (χ0) is 17.1. The molecule has 4 heteroatoms. The lowest BCUT2D eigenvalue weighted by Gasteiger charge is -2.54. The van der Waals surface area contributed by atoms with Crippen molar-refractivity contribution < 1.29 is 0 Å². The van der Waals surface area contributed by atoms with Crippen molar-refractivity contribution in [1.82, 2.24) is 9.80 Å². The van der Waals surface area contributed by atoms with Crippen LogP contribution in [0.25, 0.3) is 0 Å². The summed E-state index contributed by atoms with van der Waals surface area (Å²) in [5, 5.41) is 9.15. The molecule has 0 aliphatic carbocycles. The van der Waals surface area contributed by atoms with Crippen LogP contribution in [0, 0.1) is 11.3 Å². The molecule has 0 aromatic heterocycles. The van der Waals surface area contributed by atoms with Crippen LogP contribution in [0.2, 0.25) is 0 Å². The highest BCUT2D eigenvalue weighted by molar-refractivity contribution is 6.14. The Bertz CT molecular complexity index is 351. The van der Waals surface area contributed by atoms with Crippen LogP contribution in [0.15, 0.2) is 0 Å². The zero-order valence-corrected chi connectivity index (χ0v) is 18.1. The van der Waals surface area contributed by atoms with E-state index in [4.69, 9.17) is 5.26 Å². The van der Waals surface area contributed by atoms with Crippen molar-refractivity contribution in [1.29, 1.82) is 5.26 Å². The summed E-state index contributed by atoms with van der Waals surface area (Å²) in [5.41, 5.74) is 0. The highest BCUT2D eigenvalue weighted by atomic mass is 28.1. The van der Waals surface area contributed by atoms with Gasteiger partial charge in [-0.1, -0.05) is 51.9 Å². The van der Waals surface area contributed by atoms with E-state index in [1.165, 1.54) is 70.9 Å². The molecule has 2 atom stereocenters. The van der Waals surface area contributed by atoms with Gasteiger partial charge in [0, 0.05) is 41.1 Å². The fraction of sp³-hybridized carbons (Fsp3) is 0.947. The predicted molar refractivity (Wildman–Crippen MR) is 104 cm³/mol. The Morgan fingerprint density at radius 3 is 2.30 bits per heavy atom. The third kappa shape index (κ3) is 6.95. The summed E-state index contributed by atoms with van der Waals surface area (Å²) in [7, 11) is 1.14. The molecule has 1 heterocycles. The maximum atomic E-state index is 8.92. The number of rotatable bonds is 11. The van der Waals surface area contributed by atoms with Crippen molar-refractivity contribution >= 4 is 10.2 Å². The molecular weight excluding hydrogens is 298 g/mol. The van der Waals surface area contributed by atoms with Gasteiger partial charge in [-0.3, -0.25) is 9.80 Å². The second kappa shape index (κ2) is 11.2. The summed E-state index contributed by atoms with van der Waals surface area (Å²) in [6.07, 6.45) is 13.1. The molecule has 2 unspecified atom stereocenters. The van der Waals surface area contributed by atoms with Crippen molar-refractivity contribution in [2.45, 2.75) is 96.3 Å². The third-order valence-corrected chi connectivity index (χ3v) is 6.78. The minimum atomic E-state index is 0.232. The van der Waals surface area contributed by atoms with Crippen LogP contribution >= 0.6 is 0 Å². The van der Waals surface area contributed by atoms with Gasteiger partial charge in [0.15, 0.2) is 0 Å². The van der Waals surface area contributed by atoms with Crippen LogP contribution in [-0.2, 0) is 0 Å². The normalized spacial score (nSPS) is 26.4. The molecule has 1 fully saturated rings. The zero-order valence-electron chi connectivity index (χ0n) is 16.1. The summed E-state index contributed by atoms with van der Waals surface area (Å²) in [4.78, 5) is 5.30. The van der Waals surface area contributed by atoms with E-state index in [0.29, 0.717) is 12.5 Å². The first-order valence-corrected chi connectivity index (χ1v) is 10.9. The largest absolute Gasteiger partial charge is 0.289 e. The van der Waals surface area contributed by atoms with Gasteiger partial charge in [0.2, 0.25) is 0 Å². The number of nitrogens with zero attached hydrogens (tertiary/aromatic N) is 3. The first-order valence-electron chi connectivity index (χ1n) is 9.92. The lowest BCUT2D eigenvalue weighted by Crippen LogP contribution is -2.66. The number of hydrogen-bond acceptors (Lipinski definition) is 3. The van der Waals surface area contributed by atoms with Crippen molar-refractivity contribution in [2.24, 2.45) is 0 Å². The molecule has 0 N–H and O–H groups in total. The van der Waals surface area contributed by atoms with Crippen LogP contribution in [0.1, 0.15) is 85.0 Å². The van der Waals surface area contributed by atoms with Crippen LogP contribution in [-0.4, -0.2) is 51.0 Å². The minimum absolute atomic E-state index is 0.232. The highest BCUT2D eigenvalue weighted by Crippen LogP contribution is 2.27. The van der Waals surface area contributed by atoms with Gasteiger partial charge in [-0.25, -0.2) is 0 Å². The Labute approximate surface area is 147 Å². The lowest BCUT2D eigenvalue weighted by molar-refractivity contribution is -0.0477. The smallest absolute Gasteiger partial charge is 0.0635 e. The van der Waals surface area contributed by atoms with Gasteiger partial charge < -0.3 is 0 Å². The van der Waals surface area contributed by atoms with E-state index in [9.17, 15) is 0 Å². The minimum Gasteiger partial charge on any atom is -0.289 e. The van der Waals surface area contributed by atoms with E-state index < -0.39 is 0 Å². The number of nitriles is 1. The second-order valence-electron chi connectivity index (χ2n) is 7.70. The summed E-state index contributed by atoms with van der Waals surface area (Å²) >= 11 is 0. The van der Waals surface area contributed by atoms with Crippen LogP contribution in [0.4, 0.5) is 0 Å². The average Bonchev–Trinajstić information content (AvgIpc) is 2.51. The summed E-state index contributed by atoms with van der Waals surface area (Å²) in [5.74, 6) is 0. The van der Waals surface area contributed by atoms with Gasteiger partial charge >= 0.3 is 0 Å². The van der Waals surface area contributed by atoms with Gasteiger partial charge in [0.1, 0.15) is 0 Å². The van der Waals surface area contributed by atoms with Crippen molar-refractivity contribution in [2.75, 3.05) is 19.6 Å². The molecule has 0 aromatic carbocycles. The predicted octanol–water partition coefficient (Wildman–Crippen LogP) is 3.48. The number of unbranched alkanes of at least 4 members (excludes halogenated alkanes) is 7. The van der Waals surface area contributed by atoms with E-state index in [1.54, 1.807) is 0 Å². The topological polar surface area (TPSA) is 30.3 Å². The Hall–Kier alpha value is -0.373. The molecule has 1 rings (SSSR count). The van der Waals surface area contributed by atoms with E-state index in [1.807, 2.05) is 0 Å². The van der Waals surface area contributed by atoms with Gasteiger partial charge in [0.25, 0.3) is 0 Å². The fourth-order valence-electron chi connectivity index (χ4n) is 3.98. The molecule has 0 aromatic rings. The van der Waals surface area contributed by atoms with E-state index in [2.05, 4.69) is 36.6 Å². The lowest BCUT2D eigenvalue weighted by atomic mass is 10.1. The van der Waals surface area contributed by atoms with Gasteiger partial charge in [-0.05, 0) is 33.2 Å². The highest BCUT2D eigenvalue weighted by Gasteiger charge is 2.38. The quantitative estimate of drug-likeness (QED) is 0.427. The Morgan fingerprint density at radius 1 is 1.09 bits per heavy atom. The third-order valence-electron chi connectivity index (χ3n) is 5.57. The van der Waals surface area contributed by atoms with E-state index in [-0.39, 0.29) is 5.29 Å². The molecule has 0 spiro atoms. The standard InChI is InChI=1S/C19H39N3Si/c1-4-5-6-7-8-9-10-11-15-21-17-13-18(2)22(16-12-14-20)19(21,3)23/h18H,4-13,15-17H2,1-3,23H3. The molecular formula is C19H39N3Si. The van der Waals surface area contributed by atoms with Crippen LogP contribution < -0.4 is 0 Å². The van der Waals surface area contributed by atoms with Gasteiger partial charge in [0.05, 0.1) is 6.07 Å². The molecule has 1 aliphatic heterocycles. The summed E-state index contributed by atoms with van der Waals surface area (Å²) < 4.78 is 0. The van der Waals surface area contributed by atoms with Crippen LogP contribution in [0.5, 0.6) is 0 Å². The Kier molecular flexibility index (Phi) is 10.1. The SMILES string of the molecule is CCCCCCCCCCN1CCC(C)N(CCC#N)C1(C)[SiH3]. The van der Waals surface area contributed by atoms with E-state index in [0.717, 1.165) is 16.8 Å². The molecule has 0 amide bonds. The summed E-state index contributed by atoms with van der Waals surface area (Å²) in [6, 6.07) is 2.95. The first kappa shape index (κ1) is 20.7. The van der Waals surface area contributed by atoms with Gasteiger partial charge in [-0.2, -0.15) is 5.26 Å². The Balaban J connectivity index is 2.28. The molecule has 3 nitrogen and oxygen atoms in total. The van der Waals surface area contributed by atoms with Crippen molar-refractivity contribution in [3.63, 3.8) is 0 Å².